The number of urea groups is 1. The number of imide groups is 1. The van der Waals surface area contributed by atoms with Gasteiger partial charge < -0.3 is 4.57 Å². The van der Waals surface area contributed by atoms with Crippen LogP contribution in [0, 0.1) is 11.3 Å². The number of carbonyl (C=O) groups is 2. The lowest BCUT2D eigenvalue weighted by molar-refractivity contribution is -0.141. The summed E-state index contributed by atoms with van der Waals surface area (Å²) in [4.78, 5) is 26.3. The summed E-state index contributed by atoms with van der Waals surface area (Å²) in [6.45, 7) is 21.3. The van der Waals surface area contributed by atoms with Crippen LogP contribution in [0.5, 0.6) is 0 Å². The molecule has 1 rings (SSSR count). The number of nitrogens with zero attached hydrogens (tertiary/aromatic N) is 2. The zero-order chi connectivity index (χ0) is 17.5. The fraction of sp³-hybridized carbons (Fsp3) is 0.750. The van der Waals surface area contributed by atoms with Gasteiger partial charge in [0.2, 0.25) is 5.91 Å². The molecule has 0 aromatic carbocycles. The van der Waals surface area contributed by atoms with Crippen LogP contribution in [0.25, 0.3) is 0 Å². The molecule has 1 atom stereocenters. The van der Waals surface area contributed by atoms with Crippen molar-refractivity contribution in [1.82, 2.24) is 9.13 Å². The Kier molecular flexibility index (Phi) is 5.19. The van der Waals surface area contributed by atoms with Gasteiger partial charge >= 0.3 is 6.03 Å². The lowest BCUT2D eigenvalue weighted by atomic mass is 9.72. The highest BCUT2D eigenvalue weighted by atomic mass is 28.3. The van der Waals surface area contributed by atoms with E-state index < -0.39 is 21.9 Å². The van der Waals surface area contributed by atoms with Crippen LogP contribution < -0.4 is 0 Å². The van der Waals surface area contributed by atoms with Gasteiger partial charge in [0.15, 0.2) is 16.5 Å². The Morgan fingerprint density at radius 1 is 1.14 bits per heavy atom. The topological polar surface area (TPSA) is 40.6 Å². The van der Waals surface area contributed by atoms with E-state index in [-0.39, 0.29) is 17.9 Å². The monoisotopic (exact) mass is 340 g/mol. The minimum atomic E-state index is -2.09. The van der Waals surface area contributed by atoms with Crippen LogP contribution in [-0.4, -0.2) is 44.1 Å². The molecule has 6 heteroatoms. The number of hydrogen-bond acceptors (Lipinski definition) is 2. The zero-order valence-corrected chi connectivity index (χ0v) is 17.5. The third-order valence-electron chi connectivity index (χ3n) is 4.59. The fourth-order valence-corrected chi connectivity index (χ4v) is 6.09. The van der Waals surface area contributed by atoms with Gasteiger partial charge in [-0.05, 0) is 12.3 Å². The minimum absolute atomic E-state index is 0.0149. The van der Waals surface area contributed by atoms with Crippen molar-refractivity contribution in [3.8, 4) is 0 Å². The van der Waals surface area contributed by atoms with Gasteiger partial charge in [-0.25, -0.2) is 4.79 Å². The summed E-state index contributed by atoms with van der Waals surface area (Å²) in [6, 6.07) is -0.0660. The Morgan fingerprint density at radius 3 is 1.95 bits per heavy atom. The van der Waals surface area contributed by atoms with Crippen LogP contribution in [-0.2, 0) is 4.79 Å². The van der Waals surface area contributed by atoms with Gasteiger partial charge in [0.25, 0.3) is 0 Å². The highest BCUT2D eigenvalue weighted by Gasteiger charge is 2.56. The Balaban J connectivity index is 3.51. The van der Waals surface area contributed by atoms with Crippen molar-refractivity contribution in [3.05, 3.63) is 12.7 Å². The molecule has 0 aromatic heterocycles. The molecule has 0 saturated carbocycles. The van der Waals surface area contributed by atoms with E-state index in [1.807, 2.05) is 10.6 Å². The van der Waals surface area contributed by atoms with Crippen molar-refractivity contribution in [1.29, 1.82) is 0 Å². The molecule has 0 aromatic rings. The third-order valence-corrected chi connectivity index (χ3v) is 8.29. The van der Waals surface area contributed by atoms with E-state index in [9.17, 15) is 9.59 Å². The first-order chi connectivity index (χ1) is 9.79. The van der Waals surface area contributed by atoms with Crippen LogP contribution in [0.1, 0.15) is 20.3 Å². The largest absolute Gasteiger partial charge is 0.352 e. The van der Waals surface area contributed by atoms with E-state index >= 15 is 0 Å². The molecule has 22 heavy (non-hydrogen) atoms. The summed E-state index contributed by atoms with van der Waals surface area (Å²) in [5, 5.41) is 0. The molecule has 1 unspecified atom stereocenters. The highest BCUT2D eigenvalue weighted by Crippen LogP contribution is 2.41. The minimum Gasteiger partial charge on any atom is -0.352 e. The van der Waals surface area contributed by atoms with Gasteiger partial charge in [-0.1, -0.05) is 59.2 Å². The Morgan fingerprint density at radius 2 is 1.64 bits per heavy atom. The molecule has 126 valence electrons. The van der Waals surface area contributed by atoms with Gasteiger partial charge in [-0.15, -0.1) is 6.58 Å². The molecule has 1 heterocycles. The quantitative estimate of drug-likeness (QED) is 0.557. The number of carbonyl (C=O) groups excluding carboxylic acids is 2. The van der Waals surface area contributed by atoms with Gasteiger partial charge in [-0.3, -0.25) is 9.36 Å². The van der Waals surface area contributed by atoms with Crippen molar-refractivity contribution >= 4 is 28.4 Å². The highest BCUT2D eigenvalue weighted by molar-refractivity contribution is 6.80. The molecule has 0 bridgehead atoms. The standard InChI is InChI=1S/C16H32N2O2Si2/c1-10-11-16(13(2)3)12-17(21(4,5)6)15(20)18(14(16)19)22(7,8)9/h10,13H,1,11-12H2,2-9H3. The number of amides is 3. The van der Waals surface area contributed by atoms with Gasteiger partial charge in [0.05, 0.1) is 5.41 Å². The smallest absolute Gasteiger partial charge is 0.310 e. The van der Waals surface area contributed by atoms with Gasteiger partial charge in [-0.2, -0.15) is 0 Å². The second-order valence-corrected chi connectivity index (χ2v) is 18.3. The first-order valence-corrected chi connectivity index (χ1v) is 15.0. The van der Waals surface area contributed by atoms with Gasteiger partial charge in [0.1, 0.15) is 0 Å². The Labute approximate surface area is 137 Å². The molecule has 0 aliphatic carbocycles. The Hall–Kier alpha value is -0.886. The summed E-state index contributed by atoms with van der Waals surface area (Å²) >= 11 is 0. The first kappa shape index (κ1) is 19.2. The molecule has 1 fully saturated rings. The molecule has 0 N–H and O–H groups in total. The number of hydrogen-bond donors (Lipinski definition) is 0. The molecular formula is C16H32N2O2Si2. The average molecular weight is 341 g/mol. The second kappa shape index (κ2) is 5.96. The average Bonchev–Trinajstić information content (AvgIpc) is 2.29. The summed E-state index contributed by atoms with van der Waals surface area (Å²) in [5.74, 6) is 0.185. The normalized spacial score (nSPS) is 24.2. The molecule has 0 spiro atoms. The Bertz CT molecular complexity index is 478. The summed E-state index contributed by atoms with van der Waals surface area (Å²) < 4.78 is 3.63. The maximum Gasteiger partial charge on any atom is 0.310 e. The van der Waals surface area contributed by atoms with E-state index in [4.69, 9.17) is 0 Å². The lowest BCUT2D eigenvalue weighted by Crippen LogP contribution is -2.72. The molecule has 4 nitrogen and oxygen atoms in total. The first-order valence-electron chi connectivity index (χ1n) is 8.06. The molecule has 1 saturated heterocycles. The third kappa shape index (κ3) is 3.22. The summed E-state index contributed by atoms with van der Waals surface area (Å²) in [6.07, 6.45) is 2.46. The van der Waals surface area contributed by atoms with E-state index in [0.717, 1.165) is 0 Å². The molecule has 3 amide bonds. The summed E-state index contributed by atoms with van der Waals surface area (Å²) in [7, 11) is -3.94. The van der Waals surface area contributed by atoms with Crippen LogP contribution in [0.15, 0.2) is 12.7 Å². The molecular weight excluding hydrogens is 308 g/mol. The van der Waals surface area contributed by atoms with Crippen LogP contribution in [0.2, 0.25) is 39.3 Å². The van der Waals surface area contributed by atoms with E-state index in [2.05, 4.69) is 59.7 Å². The van der Waals surface area contributed by atoms with Crippen molar-refractivity contribution in [2.24, 2.45) is 11.3 Å². The van der Waals surface area contributed by atoms with Crippen LogP contribution in [0.3, 0.4) is 0 Å². The maximum absolute atomic E-state index is 13.3. The van der Waals surface area contributed by atoms with E-state index in [1.54, 1.807) is 4.57 Å². The van der Waals surface area contributed by atoms with Crippen LogP contribution in [0.4, 0.5) is 4.79 Å². The van der Waals surface area contributed by atoms with E-state index in [1.165, 1.54) is 0 Å². The van der Waals surface area contributed by atoms with Gasteiger partial charge in [0, 0.05) is 6.54 Å². The lowest BCUT2D eigenvalue weighted by Gasteiger charge is -2.54. The summed E-state index contributed by atoms with van der Waals surface area (Å²) in [5.41, 5.74) is -0.532. The predicted molar refractivity (Wildman–Crippen MR) is 97.7 cm³/mol. The second-order valence-electron chi connectivity index (χ2n) is 8.65. The maximum atomic E-state index is 13.3. The van der Waals surface area contributed by atoms with Crippen molar-refractivity contribution < 1.29 is 9.59 Å². The molecule has 1 aliphatic rings. The van der Waals surface area contributed by atoms with E-state index in [0.29, 0.717) is 13.0 Å². The number of allylic oxidation sites excluding steroid dienone is 1. The SMILES string of the molecule is C=CCC1(C(C)C)CN([Si](C)(C)C)C(=O)N([Si](C)(C)C)C1=O. The predicted octanol–water partition coefficient (Wildman–Crippen LogP) is 4.14. The van der Waals surface area contributed by atoms with Crippen molar-refractivity contribution in [2.75, 3.05) is 6.54 Å². The molecule has 1 aliphatic heterocycles. The van der Waals surface area contributed by atoms with Crippen molar-refractivity contribution in [2.45, 2.75) is 59.6 Å². The zero-order valence-electron chi connectivity index (χ0n) is 15.5. The fourth-order valence-electron chi connectivity index (χ4n) is 3.04. The number of rotatable bonds is 5. The molecule has 0 radical (unpaired) electrons. The van der Waals surface area contributed by atoms with Crippen LogP contribution >= 0.6 is 0 Å². The van der Waals surface area contributed by atoms with Crippen molar-refractivity contribution in [3.63, 3.8) is 0 Å².